The Bertz CT molecular complexity index is 1360. The van der Waals surface area contributed by atoms with Gasteiger partial charge in [0.15, 0.2) is 0 Å². The number of nitrogens with one attached hydrogen (secondary N) is 1. The number of thiophene rings is 1. The Morgan fingerprint density at radius 2 is 1.84 bits per heavy atom. The number of benzene rings is 2. The average Bonchev–Trinajstić information content (AvgIpc) is 3.34. The van der Waals surface area contributed by atoms with Gasteiger partial charge in [-0.2, -0.15) is 4.31 Å². The van der Waals surface area contributed by atoms with Gasteiger partial charge in [0.05, 0.1) is 11.2 Å². The summed E-state index contributed by atoms with van der Waals surface area (Å²) in [5.41, 5.74) is 3.28. The lowest BCUT2D eigenvalue weighted by molar-refractivity contribution is -0.120. The van der Waals surface area contributed by atoms with Crippen molar-refractivity contribution >= 4 is 43.9 Å². The largest absolute Gasteiger partial charge is 0.324 e. The van der Waals surface area contributed by atoms with Crippen LogP contribution in [0.5, 0.6) is 0 Å². The molecule has 3 heterocycles. The molecule has 0 radical (unpaired) electrons. The van der Waals surface area contributed by atoms with Crippen molar-refractivity contribution in [3.05, 3.63) is 89.4 Å². The van der Waals surface area contributed by atoms with Crippen LogP contribution in [-0.2, 0) is 27.8 Å². The number of nitrogens with zero attached hydrogens (tertiary/aromatic N) is 2. The van der Waals surface area contributed by atoms with Crippen molar-refractivity contribution in [2.75, 3.05) is 5.32 Å². The Kier molecular flexibility index (Phi) is 5.05. The maximum atomic E-state index is 13.4. The van der Waals surface area contributed by atoms with E-state index in [1.807, 2.05) is 48.5 Å². The van der Waals surface area contributed by atoms with Gasteiger partial charge in [0.2, 0.25) is 5.91 Å². The number of rotatable bonds is 4. The fourth-order valence-electron chi connectivity index (χ4n) is 3.93. The standard InChI is InChI=1S/C23H19N3O3S2/c27-23(25-20-10-3-9-19-18(20)8-4-12-24-19)21-14-16-6-1-2-7-17(16)15-26(21)31(28,29)22-11-5-13-30-22/h1-13,21H,14-15H2,(H,25,27). The van der Waals surface area contributed by atoms with Gasteiger partial charge in [-0.25, -0.2) is 8.42 Å². The van der Waals surface area contributed by atoms with E-state index in [4.69, 9.17) is 0 Å². The molecule has 0 saturated carbocycles. The molecule has 6 nitrogen and oxygen atoms in total. The first-order valence-corrected chi connectivity index (χ1v) is 12.1. The van der Waals surface area contributed by atoms with Gasteiger partial charge in [0.1, 0.15) is 10.3 Å². The SMILES string of the molecule is O=C(Nc1cccc2ncccc12)C1Cc2ccccc2CN1S(=O)(=O)c1cccs1. The second kappa shape index (κ2) is 7.88. The van der Waals surface area contributed by atoms with E-state index in [9.17, 15) is 13.2 Å². The molecule has 156 valence electrons. The Hall–Kier alpha value is -3.07. The second-order valence-electron chi connectivity index (χ2n) is 7.34. The van der Waals surface area contributed by atoms with Crippen molar-refractivity contribution in [2.45, 2.75) is 23.2 Å². The summed E-state index contributed by atoms with van der Waals surface area (Å²) >= 11 is 1.15. The minimum Gasteiger partial charge on any atom is -0.324 e. The molecule has 1 unspecified atom stereocenters. The molecule has 8 heteroatoms. The number of anilines is 1. The van der Waals surface area contributed by atoms with Crippen LogP contribution < -0.4 is 5.32 Å². The van der Waals surface area contributed by atoms with Gasteiger partial charge in [0, 0.05) is 18.1 Å². The minimum absolute atomic E-state index is 0.158. The number of aromatic nitrogens is 1. The van der Waals surface area contributed by atoms with Gasteiger partial charge < -0.3 is 5.32 Å². The summed E-state index contributed by atoms with van der Waals surface area (Å²) in [5.74, 6) is -0.356. The van der Waals surface area contributed by atoms with E-state index in [-0.39, 0.29) is 16.7 Å². The number of sulfonamides is 1. The molecule has 1 atom stereocenters. The van der Waals surface area contributed by atoms with Crippen molar-refractivity contribution in [2.24, 2.45) is 0 Å². The van der Waals surface area contributed by atoms with Crippen LogP contribution >= 0.6 is 11.3 Å². The maximum Gasteiger partial charge on any atom is 0.253 e. The van der Waals surface area contributed by atoms with Gasteiger partial charge in [-0.15, -0.1) is 11.3 Å². The molecule has 1 amide bonds. The normalized spacial score (nSPS) is 16.7. The van der Waals surface area contributed by atoms with Crippen LogP contribution in [0, 0.1) is 0 Å². The average molecular weight is 450 g/mol. The van der Waals surface area contributed by atoms with E-state index < -0.39 is 16.1 Å². The van der Waals surface area contributed by atoms with E-state index >= 15 is 0 Å². The summed E-state index contributed by atoms with van der Waals surface area (Å²) in [4.78, 5) is 17.7. The van der Waals surface area contributed by atoms with Crippen molar-refractivity contribution < 1.29 is 13.2 Å². The molecule has 0 spiro atoms. The predicted octanol–water partition coefficient (Wildman–Crippen LogP) is 4.05. The summed E-state index contributed by atoms with van der Waals surface area (Å²) in [5, 5.41) is 5.48. The number of fused-ring (bicyclic) bond motifs is 2. The molecule has 1 aliphatic rings. The fourth-order valence-corrected chi connectivity index (χ4v) is 6.61. The Balaban J connectivity index is 1.53. The van der Waals surface area contributed by atoms with Crippen LogP contribution in [0.4, 0.5) is 5.69 Å². The van der Waals surface area contributed by atoms with Crippen LogP contribution in [-0.4, -0.2) is 29.7 Å². The van der Waals surface area contributed by atoms with Crippen LogP contribution in [0.1, 0.15) is 11.1 Å². The third-order valence-electron chi connectivity index (χ3n) is 5.47. The number of pyridine rings is 1. The lowest BCUT2D eigenvalue weighted by Gasteiger charge is -2.34. The molecule has 0 aliphatic carbocycles. The van der Waals surface area contributed by atoms with Gasteiger partial charge >= 0.3 is 0 Å². The van der Waals surface area contributed by atoms with E-state index in [1.165, 1.54) is 4.31 Å². The predicted molar refractivity (Wildman–Crippen MR) is 121 cm³/mol. The lowest BCUT2D eigenvalue weighted by Crippen LogP contribution is -2.50. The summed E-state index contributed by atoms with van der Waals surface area (Å²) in [7, 11) is -3.81. The highest BCUT2D eigenvalue weighted by atomic mass is 32.2. The molecule has 0 bridgehead atoms. The first-order valence-electron chi connectivity index (χ1n) is 9.81. The summed E-state index contributed by atoms with van der Waals surface area (Å²) in [6.45, 7) is 0.158. The summed E-state index contributed by atoms with van der Waals surface area (Å²) < 4.78 is 28.3. The van der Waals surface area contributed by atoms with Crippen LogP contribution in [0.3, 0.4) is 0 Å². The van der Waals surface area contributed by atoms with Gasteiger partial charge in [-0.3, -0.25) is 9.78 Å². The monoisotopic (exact) mass is 449 g/mol. The molecular formula is C23H19N3O3S2. The van der Waals surface area contributed by atoms with Crippen LogP contribution in [0.15, 0.2) is 82.5 Å². The van der Waals surface area contributed by atoms with Crippen molar-refractivity contribution in [1.82, 2.24) is 9.29 Å². The quantitative estimate of drug-likeness (QED) is 0.510. The zero-order valence-corrected chi connectivity index (χ0v) is 18.1. The zero-order valence-electron chi connectivity index (χ0n) is 16.4. The van der Waals surface area contributed by atoms with Gasteiger partial charge in [-0.1, -0.05) is 36.4 Å². The minimum atomic E-state index is -3.81. The molecular weight excluding hydrogens is 430 g/mol. The number of carbonyl (C=O) groups is 1. The lowest BCUT2D eigenvalue weighted by atomic mass is 9.95. The molecule has 0 fully saturated rings. The van der Waals surface area contributed by atoms with Gasteiger partial charge in [0.25, 0.3) is 10.0 Å². The van der Waals surface area contributed by atoms with Crippen LogP contribution in [0.2, 0.25) is 0 Å². The molecule has 0 saturated heterocycles. The maximum absolute atomic E-state index is 13.4. The second-order valence-corrected chi connectivity index (χ2v) is 10.4. The highest BCUT2D eigenvalue weighted by Crippen LogP contribution is 2.32. The third kappa shape index (κ3) is 3.63. The smallest absolute Gasteiger partial charge is 0.253 e. The van der Waals surface area contributed by atoms with Gasteiger partial charge in [-0.05, 0) is 53.3 Å². The first-order chi connectivity index (χ1) is 15.0. The summed E-state index contributed by atoms with van der Waals surface area (Å²) in [6, 6.07) is 19.3. The van der Waals surface area contributed by atoms with E-state index in [0.717, 1.165) is 33.4 Å². The molecule has 5 rings (SSSR count). The Morgan fingerprint density at radius 1 is 1.00 bits per heavy atom. The fraction of sp³-hybridized carbons (Fsp3) is 0.130. The Morgan fingerprint density at radius 3 is 2.65 bits per heavy atom. The van der Waals surface area contributed by atoms with E-state index in [2.05, 4.69) is 10.3 Å². The molecule has 2 aromatic heterocycles. The molecule has 2 aromatic carbocycles. The number of amides is 1. The topological polar surface area (TPSA) is 79.4 Å². The number of carbonyl (C=O) groups excluding carboxylic acids is 1. The highest BCUT2D eigenvalue weighted by molar-refractivity contribution is 7.91. The Labute approximate surface area is 184 Å². The van der Waals surface area contributed by atoms with Crippen molar-refractivity contribution in [3.63, 3.8) is 0 Å². The summed E-state index contributed by atoms with van der Waals surface area (Å²) in [6.07, 6.45) is 2.01. The molecule has 1 N–H and O–H groups in total. The van der Waals surface area contributed by atoms with E-state index in [0.29, 0.717) is 12.1 Å². The number of hydrogen-bond acceptors (Lipinski definition) is 5. The highest BCUT2D eigenvalue weighted by Gasteiger charge is 2.40. The van der Waals surface area contributed by atoms with Crippen LogP contribution in [0.25, 0.3) is 10.9 Å². The van der Waals surface area contributed by atoms with Crippen molar-refractivity contribution in [1.29, 1.82) is 0 Å². The molecule has 31 heavy (non-hydrogen) atoms. The molecule has 4 aromatic rings. The first kappa shape index (κ1) is 19.9. The zero-order chi connectivity index (χ0) is 21.4. The molecule has 1 aliphatic heterocycles. The van der Waals surface area contributed by atoms with E-state index in [1.54, 1.807) is 29.8 Å². The van der Waals surface area contributed by atoms with Crippen molar-refractivity contribution in [3.8, 4) is 0 Å². The third-order valence-corrected chi connectivity index (χ3v) is 8.70. The number of hydrogen-bond donors (Lipinski definition) is 1.